The smallest absolute Gasteiger partial charge is 0.382 e. The van der Waals surface area contributed by atoms with Gasteiger partial charge in [0.25, 0.3) is 0 Å². The largest absolute Gasteiger partial charge is 0.416 e. The Bertz CT molecular complexity index is 559. The average Bonchev–Trinajstić information content (AvgIpc) is 2.66. The van der Waals surface area contributed by atoms with Crippen molar-refractivity contribution in [1.82, 2.24) is 9.97 Å². The third-order valence-electron chi connectivity index (χ3n) is 2.10. The minimum atomic E-state index is -4.65. The van der Waals surface area contributed by atoms with Crippen LogP contribution in [0.25, 0.3) is 10.2 Å². The lowest BCUT2D eigenvalue weighted by molar-refractivity contribution is -0.198. The fourth-order valence-electron chi connectivity index (χ4n) is 1.19. The van der Waals surface area contributed by atoms with Gasteiger partial charge in [-0.3, -0.25) is 0 Å². The maximum atomic E-state index is 12.1. The number of rotatable bonds is 3. The van der Waals surface area contributed by atoms with E-state index in [1.165, 1.54) is 17.5 Å². The molecule has 0 aliphatic rings. The first kappa shape index (κ1) is 13.5. The van der Waals surface area contributed by atoms with Gasteiger partial charge in [0.2, 0.25) is 5.95 Å². The summed E-state index contributed by atoms with van der Waals surface area (Å²) >= 11 is 4.70. The van der Waals surface area contributed by atoms with Crippen molar-refractivity contribution >= 4 is 43.4 Å². The minimum Gasteiger partial charge on any atom is -0.382 e. The molecule has 0 spiro atoms. The molecule has 2 heterocycles. The van der Waals surface area contributed by atoms with Crippen LogP contribution < -0.4 is 5.32 Å². The molecule has 0 aliphatic carbocycles. The summed E-state index contributed by atoms with van der Waals surface area (Å²) in [5.74, 6) is 0.0462. The van der Waals surface area contributed by atoms with Crippen LogP contribution in [0.1, 0.15) is 0 Å². The lowest BCUT2D eigenvalue weighted by atomic mass is 10.3. The van der Waals surface area contributed by atoms with Crippen LogP contribution in [0.3, 0.4) is 0 Å². The maximum absolute atomic E-state index is 12.1. The van der Waals surface area contributed by atoms with E-state index in [4.69, 9.17) is 5.11 Å². The van der Waals surface area contributed by atoms with E-state index in [9.17, 15) is 13.2 Å². The number of aliphatic hydroxyl groups excluding tert-OH is 1. The van der Waals surface area contributed by atoms with E-state index >= 15 is 0 Å². The van der Waals surface area contributed by atoms with E-state index in [-0.39, 0.29) is 5.95 Å². The van der Waals surface area contributed by atoms with Gasteiger partial charge < -0.3 is 10.4 Å². The monoisotopic (exact) mass is 341 g/mol. The van der Waals surface area contributed by atoms with Gasteiger partial charge in [0.15, 0.2) is 6.10 Å². The van der Waals surface area contributed by atoms with Gasteiger partial charge in [-0.1, -0.05) is 0 Å². The van der Waals surface area contributed by atoms with Gasteiger partial charge in [-0.25, -0.2) is 9.97 Å². The molecule has 0 radical (unpaired) electrons. The molecule has 0 bridgehead atoms. The molecule has 9 heteroatoms. The van der Waals surface area contributed by atoms with Crippen LogP contribution in [0.15, 0.2) is 16.0 Å². The predicted octanol–water partition coefficient (Wildman–Crippen LogP) is 2.79. The second-order valence-corrected chi connectivity index (χ2v) is 5.19. The number of hydrogen-bond donors (Lipinski definition) is 2. The van der Waals surface area contributed by atoms with Gasteiger partial charge in [0, 0.05) is 5.38 Å². The number of halogens is 4. The zero-order valence-electron chi connectivity index (χ0n) is 8.70. The van der Waals surface area contributed by atoms with Crippen LogP contribution in [0.5, 0.6) is 0 Å². The Balaban J connectivity index is 2.10. The minimum absolute atomic E-state index is 0.0462. The number of alkyl halides is 3. The van der Waals surface area contributed by atoms with Gasteiger partial charge in [-0.15, -0.1) is 11.3 Å². The zero-order chi connectivity index (χ0) is 13.3. The molecule has 0 aromatic carbocycles. The second-order valence-electron chi connectivity index (χ2n) is 3.43. The molecule has 0 saturated carbocycles. The van der Waals surface area contributed by atoms with Crippen molar-refractivity contribution in [3.8, 4) is 0 Å². The molecule has 2 aromatic heterocycles. The van der Waals surface area contributed by atoms with Crippen molar-refractivity contribution in [3.05, 3.63) is 16.0 Å². The molecule has 0 amide bonds. The van der Waals surface area contributed by atoms with Crippen LogP contribution in [-0.2, 0) is 0 Å². The first-order valence-corrected chi connectivity index (χ1v) is 6.43. The third kappa shape index (κ3) is 2.90. The van der Waals surface area contributed by atoms with E-state index in [1.54, 1.807) is 0 Å². The number of anilines is 1. The highest BCUT2D eigenvalue weighted by Crippen LogP contribution is 2.28. The molecule has 1 atom stereocenters. The van der Waals surface area contributed by atoms with Gasteiger partial charge in [0.05, 0.1) is 21.9 Å². The molecule has 2 aromatic rings. The first-order valence-electron chi connectivity index (χ1n) is 4.76. The number of fused-ring (bicyclic) bond motifs is 1. The number of thiophene rings is 1. The highest BCUT2D eigenvalue weighted by molar-refractivity contribution is 9.10. The topological polar surface area (TPSA) is 58.0 Å². The third-order valence-corrected chi connectivity index (χ3v) is 3.92. The number of nitrogens with one attached hydrogen (secondary N) is 1. The Kier molecular flexibility index (Phi) is 3.74. The van der Waals surface area contributed by atoms with Crippen molar-refractivity contribution < 1.29 is 18.3 Å². The second kappa shape index (κ2) is 4.98. The molecule has 2 rings (SSSR count). The van der Waals surface area contributed by atoms with Gasteiger partial charge >= 0.3 is 6.18 Å². The number of nitrogens with zero attached hydrogens (tertiary/aromatic N) is 2. The molecule has 18 heavy (non-hydrogen) atoms. The van der Waals surface area contributed by atoms with E-state index in [1.807, 2.05) is 5.38 Å². The Morgan fingerprint density at radius 1 is 1.50 bits per heavy atom. The molecule has 0 fully saturated rings. The van der Waals surface area contributed by atoms with Crippen molar-refractivity contribution in [2.45, 2.75) is 12.3 Å². The lowest BCUT2D eigenvalue weighted by Gasteiger charge is -2.14. The van der Waals surface area contributed by atoms with E-state index in [0.29, 0.717) is 5.52 Å². The Morgan fingerprint density at radius 3 is 2.89 bits per heavy atom. The van der Waals surface area contributed by atoms with Crippen LogP contribution in [0.4, 0.5) is 19.1 Å². The fraction of sp³-hybridized carbons (Fsp3) is 0.333. The number of aromatic nitrogens is 2. The fourth-order valence-corrected chi connectivity index (χ4v) is 2.62. The van der Waals surface area contributed by atoms with Crippen LogP contribution in [0, 0.1) is 0 Å². The summed E-state index contributed by atoms with van der Waals surface area (Å²) in [6.45, 7) is -0.684. The highest BCUT2D eigenvalue weighted by Gasteiger charge is 2.37. The standard InChI is InChI=1S/C9H7BrF3N3OS/c10-4-3-18-5-1-14-8(16-7(4)5)15-2-6(17)9(11,12)13/h1,3,6,17H,2H2,(H,14,15,16)/t6-/m1/s1. The van der Waals surface area contributed by atoms with Gasteiger partial charge in [-0.2, -0.15) is 13.2 Å². The maximum Gasteiger partial charge on any atom is 0.416 e. The zero-order valence-corrected chi connectivity index (χ0v) is 11.1. The van der Waals surface area contributed by atoms with Crippen molar-refractivity contribution in [2.24, 2.45) is 0 Å². The Morgan fingerprint density at radius 2 is 2.22 bits per heavy atom. The summed E-state index contributed by atoms with van der Waals surface area (Å²) < 4.78 is 37.8. The molecule has 0 aliphatic heterocycles. The normalized spacial score (nSPS) is 13.8. The number of hydrogen-bond acceptors (Lipinski definition) is 5. The molecule has 0 unspecified atom stereocenters. The summed E-state index contributed by atoms with van der Waals surface area (Å²) in [6, 6.07) is 0. The highest BCUT2D eigenvalue weighted by atomic mass is 79.9. The lowest BCUT2D eigenvalue weighted by Crippen LogP contribution is -2.35. The van der Waals surface area contributed by atoms with Crippen LogP contribution >= 0.6 is 27.3 Å². The summed E-state index contributed by atoms with van der Waals surface area (Å²) in [5, 5.41) is 13.0. The van der Waals surface area contributed by atoms with Crippen LogP contribution in [-0.4, -0.2) is 33.9 Å². The first-order chi connectivity index (χ1) is 8.38. The van der Waals surface area contributed by atoms with Crippen molar-refractivity contribution in [3.63, 3.8) is 0 Å². The summed E-state index contributed by atoms with van der Waals surface area (Å²) in [7, 11) is 0. The SMILES string of the molecule is O[C@H](CNc1ncc2scc(Br)c2n1)C(F)(F)F. The quantitative estimate of drug-likeness (QED) is 0.901. The van der Waals surface area contributed by atoms with Crippen LogP contribution in [0.2, 0.25) is 0 Å². The van der Waals surface area contributed by atoms with E-state index in [0.717, 1.165) is 9.17 Å². The average molecular weight is 342 g/mol. The Labute approximate surface area is 112 Å². The molecule has 0 saturated heterocycles. The molecule has 4 nitrogen and oxygen atoms in total. The molecular formula is C9H7BrF3N3OS. The Hall–Kier alpha value is -0.930. The molecular weight excluding hydrogens is 335 g/mol. The van der Waals surface area contributed by atoms with Crippen molar-refractivity contribution in [1.29, 1.82) is 0 Å². The summed E-state index contributed by atoms with van der Waals surface area (Å²) in [4.78, 5) is 7.91. The van der Waals surface area contributed by atoms with Gasteiger partial charge in [-0.05, 0) is 15.9 Å². The van der Waals surface area contributed by atoms with E-state index < -0.39 is 18.8 Å². The van der Waals surface area contributed by atoms with E-state index in [2.05, 4.69) is 31.2 Å². The molecule has 98 valence electrons. The predicted molar refractivity (Wildman–Crippen MR) is 65.7 cm³/mol. The van der Waals surface area contributed by atoms with Crippen molar-refractivity contribution in [2.75, 3.05) is 11.9 Å². The van der Waals surface area contributed by atoms with Gasteiger partial charge in [0.1, 0.15) is 5.52 Å². The summed E-state index contributed by atoms with van der Waals surface area (Å²) in [5.41, 5.74) is 0.624. The number of aliphatic hydroxyl groups is 1. The molecule has 2 N–H and O–H groups in total. The summed E-state index contributed by atoms with van der Waals surface area (Å²) in [6.07, 6.45) is -5.58.